The molecular formula is C29H30N4O10S. The number of nitrogens with zero attached hydrogens (tertiary/aromatic N) is 2. The van der Waals surface area contributed by atoms with Crippen molar-refractivity contribution in [2.75, 3.05) is 7.05 Å². The average Bonchev–Trinajstić information content (AvgIpc) is 3.22. The number of rotatable bonds is 8. The van der Waals surface area contributed by atoms with Crippen LogP contribution >= 0.6 is 11.8 Å². The highest BCUT2D eigenvalue weighted by atomic mass is 32.2. The van der Waals surface area contributed by atoms with Gasteiger partial charge in [-0.25, -0.2) is 9.59 Å². The van der Waals surface area contributed by atoms with E-state index in [4.69, 9.17) is 9.47 Å². The predicted octanol–water partition coefficient (Wildman–Crippen LogP) is 1.69. The van der Waals surface area contributed by atoms with Gasteiger partial charge < -0.3 is 30.1 Å². The van der Waals surface area contributed by atoms with E-state index in [1.165, 1.54) is 35.8 Å². The van der Waals surface area contributed by atoms with Crippen LogP contribution < -0.4 is 20.1 Å². The molecule has 2 aromatic rings. The van der Waals surface area contributed by atoms with E-state index in [2.05, 4.69) is 10.6 Å². The molecule has 0 spiro atoms. The Morgan fingerprint density at radius 2 is 1.59 bits per heavy atom. The van der Waals surface area contributed by atoms with Crippen molar-refractivity contribution < 1.29 is 48.1 Å². The number of ether oxygens (including phenoxy) is 2. The molecule has 0 aliphatic carbocycles. The zero-order valence-corrected chi connectivity index (χ0v) is 25.2. The van der Waals surface area contributed by atoms with Crippen molar-refractivity contribution in [3.8, 4) is 11.5 Å². The van der Waals surface area contributed by atoms with Gasteiger partial charge in [0.1, 0.15) is 23.5 Å². The van der Waals surface area contributed by atoms with Crippen molar-refractivity contribution in [1.29, 1.82) is 0 Å². The number of aliphatic carboxylic acids is 1. The van der Waals surface area contributed by atoms with E-state index in [0.29, 0.717) is 10.5 Å². The Hall–Kier alpha value is -4.92. The minimum atomic E-state index is -1.33. The molecule has 232 valence electrons. The molecule has 0 bridgehead atoms. The first kappa shape index (κ1) is 32.0. The number of carbonyl (C=O) groups is 7. The summed E-state index contributed by atoms with van der Waals surface area (Å²) in [5, 5.41) is 14.2. The van der Waals surface area contributed by atoms with Crippen LogP contribution in [0.15, 0.2) is 48.5 Å². The zero-order chi connectivity index (χ0) is 32.5. The number of amides is 5. The minimum absolute atomic E-state index is 0.0930. The van der Waals surface area contributed by atoms with E-state index in [-0.39, 0.29) is 17.1 Å². The van der Waals surface area contributed by atoms with Crippen LogP contribution in [0.5, 0.6) is 11.5 Å². The van der Waals surface area contributed by atoms with E-state index >= 15 is 0 Å². The average molecular weight is 627 g/mol. The number of benzene rings is 2. The number of carboxylic acid groups (broad SMARTS) is 1. The highest BCUT2D eigenvalue weighted by Gasteiger charge is 2.64. The zero-order valence-electron chi connectivity index (χ0n) is 24.4. The fourth-order valence-corrected chi connectivity index (χ4v) is 6.57. The highest BCUT2D eigenvalue weighted by Crippen LogP contribution is 2.50. The van der Waals surface area contributed by atoms with Gasteiger partial charge in [-0.2, -0.15) is 0 Å². The quantitative estimate of drug-likeness (QED) is 0.220. The topological polar surface area (TPSA) is 189 Å². The second-order valence-corrected chi connectivity index (χ2v) is 12.4. The van der Waals surface area contributed by atoms with Gasteiger partial charge in [-0.05, 0) is 37.6 Å². The van der Waals surface area contributed by atoms with Gasteiger partial charge in [0, 0.05) is 31.2 Å². The number of thioether (sulfide) groups is 1. The van der Waals surface area contributed by atoms with Gasteiger partial charge in [0.25, 0.3) is 5.91 Å². The number of carbonyl (C=O) groups excluding carboxylic acids is 6. The largest absolute Gasteiger partial charge is 0.480 e. The molecule has 2 aliphatic heterocycles. The van der Waals surface area contributed by atoms with Crippen LogP contribution in [0.25, 0.3) is 0 Å². The number of urea groups is 1. The summed E-state index contributed by atoms with van der Waals surface area (Å²) in [6.45, 7) is 5.68. The first-order valence-electron chi connectivity index (χ1n) is 13.3. The summed E-state index contributed by atoms with van der Waals surface area (Å²) >= 11 is 1.25. The summed E-state index contributed by atoms with van der Waals surface area (Å²) in [5.74, 6) is -5.04. The fraction of sp³-hybridized carbons (Fsp3) is 0.345. The van der Waals surface area contributed by atoms with Crippen molar-refractivity contribution in [2.24, 2.45) is 0 Å². The van der Waals surface area contributed by atoms with Gasteiger partial charge in [-0.3, -0.25) is 28.9 Å². The molecule has 2 fully saturated rings. The fourth-order valence-electron chi connectivity index (χ4n) is 4.95. The molecule has 3 N–H and O–H groups in total. The Morgan fingerprint density at radius 1 is 0.977 bits per heavy atom. The Bertz CT molecular complexity index is 1550. The number of hydrogen-bond donors (Lipinski definition) is 3. The van der Waals surface area contributed by atoms with Gasteiger partial charge in [0.05, 0.1) is 0 Å². The molecule has 4 atom stereocenters. The maximum Gasteiger partial charge on any atom is 0.327 e. The summed E-state index contributed by atoms with van der Waals surface area (Å²) < 4.78 is 9.25. The van der Waals surface area contributed by atoms with E-state index in [1.54, 1.807) is 44.2 Å². The van der Waals surface area contributed by atoms with Crippen molar-refractivity contribution in [3.05, 3.63) is 59.7 Å². The predicted molar refractivity (Wildman–Crippen MR) is 155 cm³/mol. The first-order chi connectivity index (χ1) is 20.6. The van der Waals surface area contributed by atoms with Crippen molar-refractivity contribution in [1.82, 2.24) is 20.4 Å². The molecule has 2 saturated heterocycles. The summed E-state index contributed by atoms with van der Waals surface area (Å²) in [6, 6.07) is 7.37. The molecule has 0 aromatic heterocycles. The molecule has 4 rings (SSSR count). The third-order valence-electron chi connectivity index (χ3n) is 6.94. The van der Waals surface area contributed by atoms with E-state index < -0.39 is 69.9 Å². The van der Waals surface area contributed by atoms with Gasteiger partial charge in [-0.15, -0.1) is 11.8 Å². The molecule has 14 nitrogen and oxygen atoms in total. The van der Waals surface area contributed by atoms with Gasteiger partial charge in [0.15, 0.2) is 11.5 Å². The number of fused-ring (bicyclic) bond motifs is 1. The number of esters is 2. The second kappa shape index (κ2) is 12.4. The first-order valence-corrected chi connectivity index (χ1v) is 14.2. The highest BCUT2D eigenvalue weighted by molar-refractivity contribution is 8.01. The summed E-state index contributed by atoms with van der Waals surface area (Å²) in [5.41, 5.74) is 0.262. The molecule has 2 aliphatic rings. The molecule has 5 amide bonds. The monoisotopic (exact) mass is 626 g/mol. The lowest BCUT2D eigenvalue weighted by Crippen LogP contribution is -2.71. The summed E-state index contributed by atoms with van der Waals surface area (Å²) in [4.78, 5) is 89.6. The van der Waals surface area contributed by atoms with Crippen LogP contribution in [0.2, 0.25) is 0 Å². The molecule has 2 heterocycles. The maximum atomic E-state index is 13.5. The second-order valence-electron chi connectivity index (χ2n) is 10.6. The Morgan fingerprint density at radius 3 is 2.18 bits per heavy atom. The number of nitrogens with one attached hydrogen (secondary N) is 2. The van der Waals surface area contributed by atoms with E-state index in [1.807, 2.05) is 0 Å². The lowest BCUT2D eigenvalue weighted by atomic mass is 9.95. The molecule has 0 radical (unpaired) electrons. The van der Waals surface area contributed by atoms with Gasteiger partial charge in [-0.1, -0.05) is 30.3 Å². The van der Waals surface area contributed by atoms with Gasteiger partial charge in [0.2, 0.25) is 11.8 Å². The number of carboxylic acids is 1. The van der Waals surface area contributed by atoms with Crippen LogP contribution in [-0.4, -0.2) is 85.8 Å². The summed E-state index contributed by atoms with van der Waals surface area (Å²) in [6.07, 6.45) is 0. The molecule has 1 unspecified atom stereocenters. The molecule has 15 heteroatoms. The van der Waals surface area contributed by atoms with Crippen LogP contribution in [0.4, 0.5) is 4.79 Å². The van der Waals surface area contributed by atoms with Gasteiger partial charge >= 0.3 is 23.9 Å². The van der Waals surface area contributed by atoms with Crippen molar-refractivity contribution in [2.45, 2.75) is 55.9 Å². The van der Waals surface area contributed by atoms with Crippen LogP contribution in [-0.2, 0) is 24.0 Å². The number of hydrogen-bond acceptors (Lipinski definition) is 10. The summed E-state index contributed by atoms with van der Waals surface area (Å²) in [7, 11) is 1.17. The lowest BCUT2D eigenvalue weighted by Gasteiger charge is -2.44. The Labute approximate surface area is 256 Å². The number of β-lactam (4-membered cyclic amide) rings is 1. The van der Waals surface area contributed by atoms with E-state index in [9.17, 15) is 38.7 Å². The normalized spacial score (nSPS) is 20.3. The standard InChI is InChI=1S/C29H30N4O10S/c1-14(34)42-18-12-11-17(13-19(18)43-15(2)35)24(37)32(5)28(41)31-20(16-9-7-6-8-10-16)23(36)30-21-25(38)33-22(27(39)40)29(3,4)44-26(21)33/h6-13,20-22,26H,1-5H3,(H,30,36)(H,31,41)(H,39,40)/t20?,21-,22+,26-/m1/s1. The molecule has 0 saturated carbocycles. The smallest absolute Gasteiger partial charge is 0.327 e. The lowest BCUT2D eigenvalue weighted by molar-refractivity contribution is -0.161. The third-order valence-corrected chi connectivity index (χ3v) is 8.51. The van der Waals surface area contributed by atoms with Crippen LogP contribution in [0.1, 0.15) is 49.7 Å². The van der Waals surface area contributed by atoms with Crippen molar-refractivity contribution >= 4 is 53.4 Å². The molecule has 2 aromatic carbocycles. The molecular weight excluding hydrogens is 596 g/mol. The number of imide groups is 1. The maximum absolute atomic E-state index is 13.5. The minimum Gasteiger partial charge on any atom is -0.480 e. The van der Waals surface area contributed by atoms with Crippen LogP contribution in [0, 0.1) is 0 Å². The Balaban J connectivity index is 1.52. The third kappa shape index (κ3) is 6.37. The van der Waals surface area contributed by atoms with E-state index in [0.717, 1.165) is 19.9 Å². The van der Waals surface area contributed by atoms with Crippen LogP contribution in [0.3, 0.4) is 0 Å². The SMILES string of the molecule is CC(=O)Oc1ccc(C(=O)N(C)C(=O)NC(C(=O)N[C@@H]2C(=O)N3[C@@H]2SC(C)(C)[C@@H]3C(=O)O)c2ccccc2)cc1OC(C)=O. The Kier molecular flexibility index (Phi) is 8.99. The van der Waals surface area contributed by atoms with Crippen molar-refractivity contribution in [3.63, 3.8) is 0 Å². The molecule has 44 heavy (non-hydrogen) atoms.